The summed E-state index contributed by atoms with van der Waals surface area (Å²) in [7, 11) is 1.75. The fourth-order valence-electron chi connectivity index (χ4n) is 1.47. The van der Waals surface area contributed by atoms with Crippen LogP contribution in [0.3, 0.4) is 0 Å². The Kier molecular flexibility index (Phi) is 4.35. The van der Waals surface area contributed by atoms with Crippen LogP contribution in [0.5, 0.6) is 0 Å². The van der Waals surface area contributed by atoms with E-state index in [0.717, 1.165) is 6.61 Å². The predicted molar refractivity (Wildman–Crippen MR) is 59.0 cm³/mol. The van der Waals surface area contributed by atoms with Crippen LogP contribution in [-0.4, -0.2) is 28.9 Å². The number of benzene rings is 1. The number of methoxy groups -OCH3 is 1. The Labute approximate surface area is 88.8 Å². The molecule has 0 N–H and O–H groups in total. The van der Waals surface area contributed by atoms with Crippen molar-refractivity contribution >= 4 is 25.0 Å². The van der Waals surface area contributed by atoms with Crippen molar-refractivity contribution in [2.75, 3.05) is 7.11 Å². The molecular formula is C11H17BiO. The monoisotopic (exact) mass is 374 g/mol. The molecule has 0 spiro atoms. The first-order valence-electron chi connectivity index (χ1n) is 4.41. The zero-order chi connectivity index (χ0) is 9.84. The third-order valence-corrected chi connectivity index (χ3v) is 7.83. The molecule has 0 atom stereocenters. The van der Waals surface area contributed by atoms with Crippen LogP contribution < -0.4 is 3.27 Å². The molecule has 0 saturated heterocycles. The first-order valence-corrected chi connectivity index (χ1v) is 13.1. The maximum absolute atomic E-state index is 5.17. The van der Waals surface area contributed by atoms with Crippen molar-refractivity contribution in [1.82, 2.24) is 0 Å². The minimum absolute atomic E-state index is 0.747. The van der Waals surface area contributed by atoms with Crippen LogP contribution in [0.4, 0.5) is 0 Å². The molecule has 1 nitrogen and oxygen atoms in total. The second-order valence-electron chi connectivity index (χ2n) is 3.39. The van der Waals surface area contributed by atoms with E-state index in [2.05, 4.69) is 34.4 Å². The molecule has 0 heterocycles. The van der Waals surface area contributed by atoms with Gasteiger partial charge in [-0.15, -0.1) is 0 Å². The average Bonchev–Trinajstić information content (AvgIpc) is 2.08. The summed E-state index contributed by atoms with van der Waals surface area (Å²) in [6, 6.07) is 6.61. The van der Waals surface area contributed by atoms with Gasteiger partial charge < -0.3 is 0 Å². The fraction of sp³-hybridized carbons (Fsp3) is 0.455. The minimum atomic E-state index is -1.27. The van der Waals surface area contributed by atoms with E-state index in [1.54, 1.807) is 10.4 Å². The zero-order valence-electron chi connectivity index (χ0n) is 8.79. The molecule has 0 radical (unpaired) electrons. The van der Waals surface area contributed by atoms with E-state index in [4.69, 9.17) is 4.74 Å². The molecule has 13 heavy (non-hydrogen) atoms. The molecule has 0 saturated carbocycles. The molecule has 0 aliphatic heterocycles. The molecule has 1 rings (SSSR count). The first-order chi connectivity index (χ1) is 6.16. The quantitative estimate of drug-likeness (QED) is 0.737. The molecule has 0 amide bonds. The summed E-state index contributed by atoms with van der Waals surface area (Å²) < 4.78 is 11.6. The van der Waals surface area contributed by atoms with Crippen LogP contribution in [0.2, 0.25) is 9.26 Å². The predicted octanol–water partition coefficient (Wildman–Crippen LogP) is 2.10. The van der Waals surface area contributed by atoms with Gasteiger partial charge in [0, 0.05) is 0 Å². The van der Waals surface area contributed by atoms with E-state index in [9.17, 15) is 0 Å². The molecule has 2 heteroatoms. The van der Waals surface area contributed by atoms with Gasteiger partial charge in [0.05, 0.1) is 0 Å². The number of hydrogen-bond acceptors (Lipinski definition) is 1. The molecule has 72 valence electrons. The molecule has 1 aromatic carbocycles. The van der Waals surface area contributed by atoms with Crippen molar-refractivity contribution < 1.29 is 4.74 Å². The van der Waals surface area contributed by atoms with E-state index in [-0.39, 0.29) is 0 Å². The summed E-state index contributed by atoms with van der Waals surface area (Å²) in [5, 5.41) is 0. The van der Waals surface area contributed by atoms with Gasteiger partial charge in [0.25, 0.3) is 0 Å². The van der Waals surface area contributed by atoms with Gasteiger partial charge in [-0.25, -0.2) is 0 Å². The molecular weight excluding hydrogens is 357 g/mol. The zero-order valence-corrected chi connectivity index (χ0v) is 12.3. The maximum atomic E-state index is 5.17. The topological polar surface area (TPSA) is 9.23 Å². The fourth-order valence-corrected chi connectivity index (χ4v) is 6.13. The second kappa shape index (κ2) is 5.07. The summed E-state index contributed by atoms with van der Waals surface area (Å²) in [4.78, 5) is 0. The number of ether oxygens (including phenoxy) is 1. The van der Waals surface area contributed by atoms with Crippen molar-refractivity contribution in [2.24, 2.45) is 0 Å². The first kappa shape index (κ1) is 11.1. The number of rotatable bonds is 3. The van der Waals surface area contributed by atoms with Crippen molar-refractivity contribution in [1.29, 1.82) is 0 Å². The van der Waals surface area contributed by atoms with Gasteiger partial charge in [-0.3, -0.25) is 0 Å². The third-order valence-electron chi connectivity index (χ3n) is 2.20. The van der Waals surface area contributed by atoms with Gasteiger partial charge >= 0.3 is 89.0 Å². The van der Waals surface area contributed by atoms with Crippen LogP contribution in [0, 0.1) is 6.92 Å². The molecule has 0 aliphatic rings. The Balaban J connectivity index is 3.03. The van der Waals surface area contributed by atoms with Gasteiger partial charge in [0.2, 0.25) is 0 Å². The molecule has 0 aromatic heterocycles. The van der Waals surface area contributed by atoms with Crippen LogP contribution in [0.25, 0.3) is 0 Å². The van der Waals surface area contributed by atoms with E-state index in [1.807, 2.05) is 0 Å². The van der Waals surface area contributed by atoms with E-state index < -0.39 is 21.8 Å². The molecule has 0 fully saturated rings. The van der Waals surface area contributed by atoms with E-state index in [0.29, 0.717) is 0 Å². The molecule has 1 aromatic rings. The van der Waals surface area contributed by atoms with Crippen LogP contribution >= 0.6 is 0 Å². The van der Waals surface area contributed by atoms with Crippen molar-refractivity contribution in [2.45, 2.75) is 22.8 Å². The third kappa shape index (κ3) is 2.75. The Bertz CT molecular complexity index is 281. The van der Waals surface area contributed by atoms with Gasteiger partial charge in [-0.2, -0.15) is 0 Å². The molecule has 0 aliphatic carbocycles. The Morgan fingerprint density at radius 2 is 2.00 bits per heavy atom. The van der Waals surface area contributed by atoms with Gasteiger partial charge in [0.1, 0.15) is 0 Å². The SMILES string of the molecule is COCc1ccc[c]([Bi]([CH3])[CH3])c1C. The van der Waals surface area contributed by atoms with Crippen molar-refractivity contribution in [3.8, 4) is 0 Å². The summed E-state index contributed by atoms with van der Waals surface area (Å²) in [5.74, 6) is 0. The summed E-state index contributed by atoms with van der Waals surface area (Å²) in [6.07, 6.45) is 0. The summed E-state index contributed by atoms with van der Waals surface area (Å²) in [6.45, 7) is 2.97. The van der Waals surface area contributed by atoms with Crippen LogP contribution in [0.15, 0.2) is 18.2 Å². The Hall–Kier alpha value is 0.0631. The summed E-state index contributed by atoms with van der Waals surface area (Å²) >= 11 is -1.27. The Morgan fingerprint density at radius 1 is 1.31 bits per heavy atom. The van der Waals surface area contributed by atoms with Gasteiger partial charge in [0.15, 0.2) is 0 Å². The number of hydrogen-bond donors (Lipinski definition) is 0. The van der Waals surface area contributed by atoms with E-state index in [1.165, 1.54) is 11.1 Å². The van der Waals surface area contributed by atoms with Crippen molar-refractivity contribution in [3.63, 3.8) is 0 Å². The van der Waals surface area contributed by atoms with Gasteiger partial charge in [-0.1, -0.05) is 0 Å². The Morgan fingerprint density at radius 3 is 2.54 bits per heavy atom. The summed E-state index contributed by atoms with van der Waals surface area (Å²) in [5.41, 5.74) is 2.82. The standard InChI is InChI=1S/C9H11O.2CH3.Bi/c1-8-5-3-4-6-9(8)7-10-2;;;/h3-4,6H,7H2,1-2H3;2*1H3;. The van der Waals surface area contributed by atoms with Crippen molar-refractivity contribution in [3.05, 3.63) is 29.3 Å². The van der Waals surface area contributed by atoms with Crippen LogP contribution in [-0.2, 0) is 11.3 Å². The second-order valence-corrected chi connectivity index (χ2v) is 12.2. The van der Waals surface area contributed by atoms with E-state index >= 15 is 0 Å². The normalized spacial score (nSPS) is 10.8. The van der Waals surface area contributed by atoms with Gasteiger partial charge in [-0.05, 0) is 0 Å². The molecule has 0 bridgehead atoms. The molecule has 0 unspecified atom stereocenters. The average molecular weight is 374 g/mol. The van der Waals surface area contributed by atoms with Crippen LogP contribution in [0.1, 0.15) is 11.1 Å².